The van der Waals surface area contributed by atoms with Crippen LogP contribution in [0.25, 0.3) is 0 Å². The van der Waals surface area contributed by atoms with Crippen molar-refractivity contribution in [1.29, 1.82) is 0 Å². The predicted octanol–water partition coefficient (Wildman–Crippen LogP) is -4.56. The van der Waals surface area contributed by atoms with E-state index in [1.807, 2.05) is 0 Å². The monoisotopic (exact) mass is 384 g/mol. The zero-order valence-electron chi connectivity index (χ0n) is 13.4. The molecular formula is C13H20O13. The Hall–Kier alpha value is -1.42. The van der Waals surface area contributed by atoms with Gasteiger partial charge in [-0.3, -0.25) is 0 Å². The van der Waals surface area contributed by atoms with Crippen LogP contribution >= 0.6 is 0 Å². The lowest BCUT2D eigenvalue weighted by molar-refractivity contribution is -0.347. The second-order valence-electron chi connectivity index (χ2n) is 5.81. The second-order valence-corrected chi connectivity index (χ2v) is 5.81. The zero-order chi connectivity index (χ0) is 19.8. The first-order chi connectivity index (χ1) is 12.1. The molecule has 0 amide bonds. The van der Waals surface area contributed by atoms with Crippen molar-refractivity contribution < 1.29 is 64.3 Å². The van der Waals surface area contributed by atoms with Gasteiger partial charge in [0, 0.05) is 7.11 Å². The Kier molecular flexibility index (Phi) is 6.49. The van der Waals surface area contributed by atoms with Crippen LogP contribution in [0.3, 0.4) is 0 Å². The summed E-state index contributed by atoms with van der Waals surface area (Å²) in [6.07, 6.45) is -18.5. The first-order valence-corrected chi connectivity index (χ1v) is 7.45. The highest BCUT2D eigenvalue weighted by Gasteiger charge is 2.53. The lowest BCUT2D eigenvalue weighted by Crippen LogP contribution is -2.65. The predicted molar refractivity (Wildman–Crippen MR) is 74.5 cm³/mol. The smallest absolute Gasteiger partial charge is 0.335 e. The molecule has 0 bridgehead atoms. The minimum absolute atomic E-state index is 1.08. The summed E-state index contributed by atoms with van der Waals surface area (Å²) in [5, 5.41) is 67.3. The first kappa shape index (κ1) is 20.9. The van der Waals surface area contributed by atoms with Crippen molar-refractivity contribution in [3.8, 4) is 0 Å². The Balaban J connectivity index is 2.23. The van der Waals surface area contributed by atoms with E-state index in [4.69, 9.17) is 24.4 Å². The number of rotatable bonds is 5. The number of aliphatic carboxylic acids is 2. The molecule has 2 aliphatic heterocycles. The van der Waals surface area contributed by atoms with Crippen LogP contribution in [0.5, 0.6) is 0 Å². The van der Waals surface area contributed by atoms with Gasteiger partial charge in [-0.1, -0.05) is 0 Å². The van der Waals surface area contributed by atoms with E-state index >= 15 is 0 Å². The lowest BCUT2D eigenvalue weighted by Gasteiger charge is -2.44. The van der Waals surface area contributed by atoms with Gasteiger partial charge in [-0.2, -0.15) is 0 Å². The van der Waals surface area contributed by atoms with Crippen molar-refractivity contribution in [2.45, 2.75) is 61.4 Å². The molecule has 13 heteroatoms. The van der Waals surface area contributed by atoms with Crippen molar-refractivity contribution in [2.24, 2.45) is 0 Å². The number of carbonyl (C=O) groups is 2. The van der Waals surface area contributed by atoms with Crippen molar-refractivity contribution in [1.82, 2.24) is 0 Å². The average Bonchev–Trinajstić information content (AvgIpc) is 2.58. The third-order valence-corrected chi connectivity index (χ3v) is 4.16. The fourth-order valence-electron chi connectivity index (χ4n) is 2.77. The number of carboxylic acid groups (broad SMARTS) is 2. The van der Waals surface area contributed by atoms with Gasteiger partial charge < -0.3 is 54.7 Å². The fraction of sp³-hybridized carbons (Fsp3) is 0.846. The lowest BCUT2D eigenvalue weighted by atomic mass is 9.96. The van der Waals surface area contributed by atoms with Crippen LogP contribution in [0.4, 0.5) is 0 Å². The van der Waals surface area contributed by atoms with Crippen molar-refractivity contribution >= 4 is 11.9 Å². The number of aliphatic hydroxyl groups is 5. The topological polar surface area (TPSA) is 213 Å². The normalized spacial score (nSPS) is 46.7. The highest BCUT2D eigenvalue weighted by molar-refractivity contribution is 5.74. The summed E-state index contributed by atoms with van der Waals surface area (Å²) in [7, 11) is 1.08. The van der Waals surface area contributed by atoms with Gasteiger partial charge in [-0.25, -0.2) is 9.59 Å². The molecule has 2 saturated heterocycles. The van der Waals surface area contributed by atoms with Gasteiger partial charge in [0.25, 0.3) is 0 Å². The largest absolute Gasteiger partial charge is 0.479 e. The van der Waals surface area contributed by atoms with E-state index in [-0.39, 0.29) is 0 Å². The Morgan fingerprint density at radius 2 is 1.27 bits per heavy atom. The minimum Gasteiger partial charge on any atom is -0.479 e. The number of aliphatic hydroxyl groups excluding tert-OH is 5. The molecule has 0 aromatic heterocycles. The number of carboxylic acids is 2. The van der Waals surface area contributed by atoms with Gasteiger partial charge in [-0.05, 0) is 0 Å². The van der Waals surface area contributed by atoms with E-state index in [9.17, 15) is 35.1 Å². The summed E-state index contributed by atoms with van der Waals surface area (Å²) < 4.78 is 19.6. The Morgan fingerprint density at radius 1 is 0.769 bits per heavy atom. The van der Waals surface area contributed by atoms with E-state index in [0.717, 1.165) is 7.11 Å². The van der Waals surface area contributed by atoms with Gasteiger partial charge >= 0.3 is 11.9 Å². The van der Waals surface area contributed by atoms with Crippen LogP contribution in [-0.4, -0.2) is 116 Å². The van der Waals surface area contributed by atoms with Crippen LogP contribution in [0, 0.1) is 0 Å². The third kappa shape index (κ3) is 3.80. The molecular weight excluding hydrogens is 364 g/mol. The average molecular weight is 384 g/mol. The molecule has 2 aliphatic rings. The molecule has 150 valence electrons. The molecule has 2 heterocycles. The van der Waals surface area contributed by atoms with Crippen molar-refractivity contribution in [2.75, 3.05) is 7.11 Å². The summed E-state index contributed by atoms with van der Waals surface area (Å²) in [5.74, 6) is -3.22. The Morgan fingerprint density at radius 3 is 1.77 bits per heavy atom. The molecule has 0 spiro atoms. The van der Waals surface area contributed by atoms with Crippen molar-refractivity contribution in [3.63, 3.8) is 0 Å². The number of hydrogen-bond donors (Lipinski definition) is 7. The van der Waals surface area contributed by atoms with E-state index < -0.39 is 73.4 Å². The molecule has 26 heavy (non-hydrogen) atoms. The molecule has 13 nitrogen and oxygen atoms in total. The van der Waals surface area contributed by atoms with Gasteiger partial charge in [0.15, 0.2) is 24.8 Å². The van der Waals surface area contributed by atoms with E-state index in [1.54, 1.807) is 0 Å². The maximum atomic E-state index is 11.3. The standard InChI is InChI=1S/C13H20O13/c1-23-6-3(15)5(17)13(26-8(6)10(18)19)25-7-2(14)4(16)12(22)24-9(7)11(20)21/h2-9,12-17,22H,1H3,(H,18,19)(H,20,21)/t2-,3-,4?,5?,6+,7-,8?,9?,12+,13+/m0/s1. The van der Waals surface area contributed by atoms with Crippen LogP contribution in [0.2, 0.25) is 0 Å². The quantitative estimate of drug-likeness (QED) is 0.238. The number of methoxy groups -OCH3 is 1. The van der Waals surface area contributed by atoms with Crippen LogP contribution in [0.1, 0.15) is 0 Å². The van der Waals surface area contributed by atoms with Gasteiger partial charge in [0.05, 0.1) is 0 Å². The Bertz CT molecular complexity index is 526. The summed E-state index contributed by atoms with van der Waals surface area (Å²) >= 11 is 0. The maximum absolute atomic E-state index is 11.3. The van der Waals surface area contributed by atoms with E-state index in [1.165, 1.54) is 0 Å². The molecule has 10 atom stereocenters. The van der Waals surface area contributed by atoms with Crippen LogP contribution in [-0.2, 0) is 28.5 Å². The third-order valence-electron chi connectivity index (χ3n) is 4.16. The van der Waals surface area contributed by atoms with Crippen LogP contribution in [0.15, 0.2) is 0 Å². The molecule has 2 fully saturated rings. The highest BCUT2D eigenvalue weighted by atomic mass is 16.7. The molecule has 0 saturated carbocycles. The maximum Gasteiger partial charge on any atom is 0.335 e. The SMILES string of the molecule is CO[C@H]1C(C(=O)O)O[C@@H](O[C@@H]2C(C(=O)O)O[C@@H](O)C(O)[C@@H]2O)C(O)[C@@H]1O. The van der Waals surface area contributed by atoms with Gasteiger partial charge in [0.2, 0.25) is 0 Å². The summed E-state index contributed by atoms with van der Waals surface area (Å²) in [4.78, 5) is 22.5. The van der Waals surface area contributed by atoms with E-state index in [2.05, 4.69) is 4.74 Å². The summed E-state index contributed by atoms with van der Waals surface area (Å²) in [5.41, 5.74) is 0. The molecule has 0 aromatic rings. The molecule has 0 aliphatic carbocycles. The first-order valence-electron chi connectivity index (χ1n) is 7.45. The molecule has 0 aromatic carbocycles. The van der Waals surface area contributed by atoms with Crippen LogP contribution < -0.4 is 0 Å². The molecule has 4 unspecified atom stereocenters. The van der Waals surface area contributed by atoms with Gasteiger partial charge in [-0.15, -0.1) is 0 Å². The zero-order valence-corrected chi connectivity index (χ0v) is 13.4. The molecule has 7 N–H and O–H groups in total. The Labute approximate surface area is 145 Å². The summed E-state index contributed by atoms with van der Waals surface area (Å²) in [6.45, 7) is 0. The van der Waals surface area contributed by atoms with E-state index in [0.29, 0.717) is 0 Å². The van der Waals surface area contributed by atoms with Crippen molar-refractivity contribution in [3.05, 3.63) is 0 Å². The molecule has 2 rings (SSSR count). The summed E-state index contributed by atoms with van der Waals surface area (Å²) in [6, 6.07) is 0. The number of hydrogen-bond acceptors (Lipinski definition) is 11. The highest BCUT2D eigenvalue weighted by Crippen LogP contribution is 2.29. The van der Waals surface area contributed by atoms with Gasteiger partial charge in [0.1, 0.15) is 36.6 Å². The molecule has 0 radical (unpaired) electrons. The minimum atomic E-state index is -2.02. The number of ether oxygens (including phenoxy) is 4. The fourth-order valence-corrected chi connectivity index (χ4v) is 2.77. The second kappa shape index (κ2) is 8.08.